The zero-order chi connectivity index (χ0) is 22.7. The number of nitrogens with zero attached hydrogens (tertiary/aromatic N) is 2. The van der Waals surface area contributed by atoms with Crippen LogP contribution in [0, 0.1) is 0 Å². The van der Waals surface area contributed by atoms with Crippen molar-refractivity contribution in [1.29, 1.82) is 0 Å². The van der Waals surface area contributed by atoms with E-state index in [1.807, 2.05) is 0 Å². The van der Waals surface area contributed by atoms with Crippen molar-refractivity contribution < 1.29 is 70.7 Å². The first-order chi connectivity index (χ1) is 12.0. The fourth-order valence-corrected chi connectivity index (χ4v) is 1.55. The molecule has 28 heavy (non-hydrogen) atoms. The van der Waals surface area contributed by atoms with Gasteiger partial charge in [0.15, 0.2) is 5.69 Å². The van der Waals surface area contributed by atoms with Crippen molar-refractivity contribution in [2.24, 2.45) is 0 Å². The third-order valence-electron chi connectivity index (χ3n) is 2.90. The number of hydrogen-bond donors (Lipinski definition) is 0. The second-order valence-electron chi connectivity index (χ2n) is 4.85. The molecule has 0 aliphatic rings. The average molecular weight is 450 g/mol. The summed E-state index contributed by atoms with van der Waals surface area (Å²) >= 11 is 0. The van der Waals surface area contributed by atoms with Crippen LogP contribution in [-0.4, -0.2) is 39.9 Å². The predicted molar refractivity (Wildman–Crippen MR) is 53.8 cm³/mol. The summed E-state index contributed by atoms with van der Waals surface area (Å²) in [5, 5.41) is 1.57. The molecule has 0 unspecified atom stereocenters. The minimum Gasteiger partial charge on any atom is -0.262 e. The summed E-state index contributed by atoms with van der Waals surface area (Å²) in [6.07, 6.45) is -19.7. The second-order valence-corrected chi connectivity index (χ2v) is 4.85. The van der Waals surface area contributed by atoms with Crippen LogP contribution >= 0.6 is 0 Å². The quantitative estimate of drug-likeness (QED) is 0.606. The molecule has 0 aliphatic heterocycles. The monoisotopic (exact) mass is 450 g/mol. The number of halogens is 15. The van der Waals surface area contributed by atoms with Crippen LogP contribution in [0.2, 0.25) is 0 Å². The lowest BCUT2D eigenvalue weighted by Crippen LogP contribution is -2.59. The summed E-state index contributed by atoms with van der Waals surface area (Å²) in [5.41, 5.74) is -6.36. The van der Waals surface area contributed by atoms with Gasteiger partial charge in [-0.15, -0.1) is 0 Å². The van der Waals surface area contributed by atoms with Crippen LogP contribution in [0.25, 0.3) is 0 Å². The van der Waals surface area contributed by atoms with Crippen molar-refractivity contribution in [1.82, 2.24) is 9.78 Å². The first-order valence-corrected chi connectivity index (χ1v) is 5.99. The molecule has 0 saturated heterocycles. The fourth-order valence-electron chi connectivity index (χ4n) is 1.55. The van der Waals surface area contributed by atoms with E-state index < -0.39 is 64.3 Å². The van der Waals surface area contributed by atoms with Crippen LogP contribution in [0.3, 0.4) is 0 Å². The highest BCUT2D eigenvalue weighted by Crippen LogP contribution is 2.56. The maximum atomic E-state index is 13.5. The van der Waals surface area contributed by atoms with E-state index in [0.717, 1.165) is 0 Å². The molecule has 1 aromatic heterocycles. The molecule has 0 bridgehead atoms. The zero-order valence-corrected chi connectivity index (χ0v) is 12.0. The Hall–Kier alpha value is -2.17. The number of rotatable bonds is 3. The van der Waals surface area contributed by atoms with E-state index in [-0.39, 0.29) is 0 Å². The average Bonchev–Trinajstić information content (AvgIpc) is 2.89. The highest BCUT2D eigenvalue weighted by Gasteiger charge is 2.82. The molecule has 1 rings (SSSR count). The van der Waals surface area contributed by atoms with Crippen LogP contribution in [0.1, 0.15) is 16.2 Å². The van der Waals surface area contributed by atoms with Crippen molar-refractivity contribution in [3.05, 3.63) is 17.5 Å². The normalized spacial score (nSPS) is 15.1. The Labute approximate surface area is 141 Å². The van der Waals surface area contributed by atoms with E-state index in [1.54, 1.807) is 5.10 Å². The largest absolute Gasteiger partial charge is 0.473 e. The number of carbonyl (C=O) groups is 1. The number of aromatic nitrogens is 2. The first-order valence-electron chi connectivity index (χ1n) is 5.99. The lowest BCUT2D eigenvalue weighted by molar-refractivity contribution is -0.400. The molecular weight excluding hydrogens is 449 g/mol. The summed E-state index contributed by atoms with van der Waals surface area (Å²) in [6, 6.07) is -1.38. The molecule has 0 radical (unpaired) electrons. The molecule has 1 aromatic rings. The molecular formula is C10HF15N2O. The van der Waals surface area contributed by atoms with E-state index >= 15 is 0 Å². The molecule has 3 nitrogen and oxygen atoms in total. The minimum absolute atomic E-state index is 1.38. The Bertz CT molecular complexity index is 750. The maximum absolute atomic E-state index is 13.5. The van der Waals surface area contributed by atoms with Gasteiger partial charge < -0.3 is 0 Å². The van der Waals surface area contributed by atoms with E-state index in [2.05, 4.69) is 0 Å². The first kappa shape index (κ1) is 23.9. The second kappa shape index (κ2) is 6.16. The minimum atomic E-state index is -7.54. The van der Waals surface area contributed by atoms with Gasteiger partial charge in [0.05, 0.1) is 0 Å². The van der Waals surface area contributed by atoms with Crippen LogP contribution in [0.5, 0.6) is 0 Å². The molecule has 1 heterocycles. The Morgan fingerprint density at radius 2 is 1.18 bits per heavy atom. The zero-order valence-electron chi connectivity index (χ0n) is 12.0. The van der Waals surface area contributed by atoms with Gasteiger partial charge in [0.1, 0.15) is 5.69 Å². The van der Waals surface area contributed by atoms with Gasteiger partial charge in [0, 0.05) is 0 Å². The molecule has 162 valence electrons. The van der Waals surface area contributed by atoms with E-state index in [9.17, 15) is 70.7 Å². The Balaban J connectivity index is 3.72. The van der Waals surface area contributed by atoms with Gasteiger partial charge in [-0.1, -0.05) is 0 Å². The lowest BCUT2D eigenvalue weighted by Gasteiger charge is -2.32. The SMILES string of the molecule is O=C(n1nc(C(F)(F)C(F)(F)C(F)(F)C(F)(F)F)cc1C(F)(F)F)C(F)(F)F. The smallest absolute Gasteiger partial charge is 0.262 e. The Kier molecular flexibility index (Phi) is 5.25. The van der Waals surface area contributed by atoms with E-state index in [1.165, 1.54) is 0 Å². The molecule has 0 fully saturated rings. The molecule has 0 atom stereocenters. The lowest BCUT2D eigenvalue weighted by atomic mass is 10.0. The van der Waals surface area contributed by atoms with Crippen molar-refractivity contribution in [2.45, 2.75) is 36.3 Å². The molecule has 18 heteroatoms. The van der Waals surface area contributed by atoms with Gasteiger partial charge in [-0.05, 0) is 6.07 Å². The third-order valence-corrected chi connectivity index (χ3v) is 2.90. The Morgan fingerprint density at radius 1 is 0.750 bits per heavy atom. The molecule has 0 spiro atoms. The highest BCUT2D eigenvalue weighted by atomic mass is 19.4. The third kappa shape index (κ3) is 3.59. The van der Waals surface area contributed by atoms with Crippen molar-refractivity contribution in [3.63, 3.8) is 0 Å². The maximum Gasteiger partial charge on any atom is 0.473 e. The molecule has 0 aromatic carbocycles. The summed E-state index contributed by atoms with van der Waals surface area (Å²) < 4.78 is 187. The summed E-state index contributed by atoms with van der Waals surface area (Å²) in [4.78, 5) is 10.8. The summed E-state index contributed by atoms with van der Waals surface area (Å²) in [6.45, 7) is 0. The van der Waals surface area contributed by atoms with Crippen LogP contribution in [0.15, 0.2) is 6.07 Å². The predicted octanol–water partition coefficient (Wildman–Crippen LogP) is 5.03. The number of alkyl halides is 15. The van der Waals surface area contributed by atoms with Gasteiger partial charge >= 0.3 is 42.2 Å². The van der Waals surface area contributed by atoms with Gasteiger partial charge in [-0.25, -0.2) is 0 Å². The van der Waals surface area contributed by atoms with Crippen LogP contribution in [0.4, 0.5) is 65.9 Å². The molecule has 0 N–H and O–H groups in total. The standard InChI is InChI=1S/C10HF15N2O/c11-5(12,8(19,20)9(21,22)10(23,24)25)2-1-3(6(13,14)15)27(26-2)4(28)7(16,17)18/h1H. The van der Waals surface area contributed by atoms with Crippen LogP contribution in [-0.2, 0) is 12.1 Å². The van der Waals surface area contributed by atoms with E-state index in [0.29, 0.717) is 0 Å². The Morgan fingerprint density at radius 3 is 1.50 bits per heavy atom. The number of hydrogen-bond acceptors (Lipinski definition) is 2. The summed E-state index contributed by atoms with van der Waals surface area (Å²) in [7, 11) is 0. The molecule has 0 amide bonds. The van der Waals surface area contributed by atoms with Crippen LogP contribution < -0.4 is 0 Å². The summed E-state index contributed by atoms with van der Waals surface area (Å²) in [5.74, 6) is -25.6. The van der Waals surface area contributed by atoms with Crippen molar-refractivity contribution in [3.8, 4) is 0 Å². The number of carbonyl (C=O) groups excluding carboxylic acids is 1. The van der Waals surface area contributed by atoms with Gasteiger partial charge in [0.25, 0.3) is 0 Å². The van der Waals surface area contributed by atoms with Gasteiger partial charge in [-0.3, -0.25) is 4.79 Å². The highest BCUT2D eigenvalue weighted by molar-refractivity contribution is 5.84. The molecule has 0 saturated carbocycles. The fraction of sp³-hybridized carbons (Fsp3) is 0.600. The van der Waals surface area contributed by atoms with E-state index in [4.69, 9.17) is 0 Å². The van der Waals surface area contributed by atoms with Crippen molar-refractivity contribution >= 4 is 5.91 Å². The van der Waals surface area contributed by atoms with Gasteiger partial charge in [-0.2, -0.15) is 75.6 Å². The topological polar surface area (TPSA) is 34.9 Å². The van der Waals surface area contributed by atoms with Gasteiger partial charge in [0.2, 0.25) is 0 Å². The molecule has 0 aliphatic carbocycles. The van der Waals surface area contributed by atoms with Crippen molar-refractivity contribution in [2.75, 3.05) is 0 Å².